The van der Waals surface area contributed by atoms with E-state index in [4.69, 9.17) is 9.47 Å². The number of hydrogen-bond acceptors (Lipinski definition) is 4. The second kappa shape index (κ2) is 10.1. The topological polar surface area (TPSA) is 59.1 Å². The number of nitrogens with zero attached hydrogens (tertiary/aromatic N) is 2. The third-order valence-corrected chi connectivity index (χ3v) is 4.35. The van der Waals surface area contributed by atoms with Gasteiger partial charge in [0, 0.05) is 19.1 Å². The average Bonchev–Trinajstić information content (AvgIpc) is 3.51. The Bertz CT molecular complexity index is 661. The molecule has 0 aromatic heterocycles. The van der Waals surface area contributed by atoms with Crippen molar-refractivity contribution in [3.8, 4) is 0 Å². The number of carbonyl (C=O) groups is 2. The normalized spacial score (nSPS) is 19.4. The number of benzene rings is 1. The van der Waals surface area contributed by atoms with Gasteiger partial charge in [-0.3, -0.25) is 4.79 Å². The van der Waals surface area contributed by atoms with Crippen LogP contribution in [0.4, 0.5) is 18.0 Å². The molecule has 2 aliphatic rings. The Hall–Kier alpha value is -2.29. The number of halogens is 3. The van der Waals surface area contributed by atoms with Gasteiger partial charge in [0.1, 0.15) is 5.60 Å². The van der Waals surface area contributed by atoms with Crippen molar-refractivity contribution in [1.29, 1.82) is 0 Å². The first-order valence-corrected chi connectivity index (χ1v) is 9.94. The lowest BCUT2D eigenvalue weighted by molar-refractivity contribution is -0.188. The Morgan fingerprint density at radius 2 is 1.60 bits per heavy atom. The molecule has 0 bridgehead atoms. The second-order valence-electron chi connectivity index (χ2n) is 8.26. The largest absolute Gasteiger partial charge is 0.471 e. The summed E-state index contributed by atoms with van der Waals surface area (Å²) in [5, 5.41) is 0. The summed E-state index contributed by atoms with van der Waals surface area (Å²) < 4.78 is 48.9. The zero-order valence-corrected chi connectivity index (χ0v) is 17.5. The van der Waals surface area contributed by atoms with Gasteiger partial charge in [-0.1, -0.05) is 36.4 Å². The Morgan fingerprint density at radius 1 is 1.07 bits per heavy atom. The molecule has 1 saturated heterocycles. The maximum absolute atomic E-state index is 12.7. The Labute approximate surface area is 174 Å². The summed E-state index contributed by atoms with van der Waals surface area (Å²) in [6, 6.07) is 11.6. The molecule has 0 spiro atoms. The van der Waals surface area contributed by atoms with Crippen molar-refractivity contribution in [2.75, 3.05) is 26.2 Å². The molecular weight excluding hydrogens is 401 g/mol. The smallest absolute Gasteiger partial charge is 0.444 e. The quantitative estimate of drug-likeness (QED) is 0.731. The van der Waals surface area contributed by atoms with Gasteiger partial charge < -0.3 is 19.3 Å². The van der Waals surface area contributed by atoms with Gasteiger partial charge in [0.15, 0.2) is 0 Å². The SMILES string of the molecule is CC(C)(C)OC(=O)N1CCOC(CN(C(=O)C(F)(F)F)C2CC2)C1.c1ccccc1. The first-order valence-electron chi connectivity index (χ1n) is 9.94. The highest BCUT2D eigenvalue weighted by Gasteiger charge is 2.48. The van der Waals surface area contributed by atoms with Gasteiger partial charge in [-0.2, -0.15) is 13.2 Å². The van der Waals surface area contributed by atoms with E-state index in [1.165, 1.54) is 4.90 Å². The molecule has 1 atom stereocenters. The molecule has 9 heteroatoms. The molecule has 3 rings (SSSR count). The van der Waals surface area contributed by atoms with Crippen LogP contribution >= 0.6 is 0 Å². The second-order valence-corrected chi connectivity index (χ2v) is 8.26. The lowest BCUT2D eigenvalue weighted by atomic mass is 10.2. The van der Waals surface area contributed by atoms with Crippen molar-refractivity contribution >= 4 is 12.0 Å². The third-order valence-electron chi connectivity index (χ3n) is 4.35. The fourth-order valence-electron chi connectivity index (χ4n) is 2.87. The van der Waals surface area contributed by atoms with Crippen LogP contribution in [0, 0.1) is 0 Å². The summed E-state index contributed by atoms with van der Waals surface area (Å²) in [4.78, 5) is 25.9. The van der Waals surface area contributed by atoms with Crippen molar-refractivity contribution in [3.05, 3.63) is 36.4 Å². The summed E-state index contributed by atoms with van der Waals surface area (Å²) in [5.74, 6) is -1.84. The van der Waals surface area contributed by atoms with Crippen molar-refractivity contribution < 1.29 is 32.2 Å². The summed E-state index contributed by atoms with van der Waals surface area (Å²) in [7, 11) is 0. The molecule has 1 aliphatic heterocycles. The predicted octanol–water partition coefficient (Wildman–Crippen LogP) is 3.86. The Morgan fingerprint density at radius 3 is 2.03 bits per heavy atom. The van der Waals surface area contributed by atoms with E-state index >= 15 is 0 Å². The molecule has 0 radical (unpaired) electrons. The maximum atomic E-state index is 12.7. The number of alkyl halides is 3. The molecule has 2 amide bonds. The van der Waals surface area contributed by atoms with Gasteiger partial charge in [-0.15, -0.1) is 0 Å². The van der Waals surface area contributed by atoms with Crippen LogP contribution in [0.3, 0.4) is 0 Å². The molecule has 1 unspecified atom stereocenters. The maximum Gasteiger partial charge on any atom is 0.471 e. The summed E-state index contributed by atoms with van der Waals surface area (Å²) in [5.41, 5.74) is -0.656. The molecule has 30 heavy (non-hydrogen) atoms. The fraction of sp³-hybridized carbons (Fsp3) is 0.619. The van der Waals surface area contributed by atoms with Gasteiger partial charge in [0.2, 0.25) is 0 Å². The molecule has 1 aromatic carbocycles. The van der Waals surface area contributed by atoms with Crippen LogP contribution in [-0.2, 0) is 14.3 Å². The van der Waals surface area contributed by atoms with Gasteiger partial charge in [-0.25, -0.2) is 4.79 Å². The third kappa shape index (κ3) is 8.22. The van der Waals surface area contributed by atoms with E-state index in [0.29, 0.717) is 19.4 Å². The van der Waals surface area contributed by atoms with E-state index < -0.39 is 29.9 Å². The zero-order chi connectivity index (χ0) is 22.4. The molecule has 1 saturated carbocycles. The average molecular weight is 430 g/mol. The molecule has 6 nitrogen and oxygen atoms in total. The molecule has 2 fully saturated rings. The van der Waals surface area contributed by atoms with Gasteiger partial charge in [0.05, 0.1) is 19.3 Å². The van der Waals surface area contributed by atoms with E-state index in [1.807, 2.05) is 36.4 Å². The lowest BCUT2D eigenvalue weighted by Crippen LogP contribution is -2.53. The van der Waals surface area contributed by atoms with Crippen LogP contribution in [0.5, 0.6) is 0 Å². The van der Waals surface area contributed by atoms with Crippen molar-refractivity contribution in [1.82, 2.24) is 9.80 Å². The predicted molar refractivity (Wildman–Crippen MR) is 105 cm³/mol. The van der Waals surface area contributed by atoms with Crippen molar-refractivity contribution in [2.24, 2.45) is 0 Å². The van der Waals surface area contributed by atoms with E-state index in [2.05, 4.69) is 0 Å². The number of hydrogen-bond donors (Lipinski definition) is 0. The summed E-state index contributed by atoms with van der Waals surface area (Å²) in [6.07, 6.45) is -4.97. The van der Waals surface area contributed by atoms with E-state index in [1.54, 1.807) is 20.8 Å². The van der Waals surface area contributed by atoms with Gasteiger partial charge in [0.25, 0.3) is 0 Å². The highest BCUT2D eigenvalue weighted by atomic mass is 19.4. The van der Waals surface area contributed by atoms with Gasteiger partial charge >= 0.3 is 18.2 Å². The van der Waals surface area contributed by atoms with Crippen LogP contribution in [0.1, 0.15) is 33.6 Å². The van der Waals surface area contributed by atoms with Crippen molar-refractivity contribution in [2.45, 2.75) is 57.5 Å². The number of amides is 2. The van der Waals surface area contributed by atoms with E-state index in [0.717, 1.165) is 4.90 Å². The van der Waals surface area contributed by atoms with E-state index in [-0.39, 0.29) is 25.7 Å². The van der Waals surface area contributed by atoms with Crippen molar-refractivity contribution in [3.63, 3.8) is 0 Å². The first kappa shape index (κ1) is 24.0. The minimum absolute atomic E-state index is 0.100. The molecule has 0 N–H and O–H groups in total. The zero-order valence-electron chi connectivity index (χ0n) is 17.5. The van der Waals surface area contributed by atoms with Crippen LogP contribution in [0.15, 0.2) is 36.4 Å². The highest BCUT2D eigenvalue weighted by Crippen LogP contribution is 2.31. The first-order chi connectivity index (χ1) is 14.0. The lowest BCUT2D eigenvalue weighted by Gasteiger charge is -2.36. The highest BCUT2D eigenvalue weighted by molar-refractivity contribution is 5.82. The molecule has 168 valence electrons. The monoisotopic (exact) mass is 430 g/mol. The Kier molecular flexibility index (Phi) is 8.11. The minimum atomic E-state index is -4.90. The number of rotatable bonds is 3. The van der Waals surface area contributed by atoms with Crippen LogP contribution in [0.2, 0.25) is 0 Å². The fourth-order valence-corrected chi connectivity index (χ4v) is 2.87. The van der Waals surface area contributed by atoms with Crippen LogP contribution in [0.25, 0.3) is 0 Å². The van der Waals surface area contributed by atoms with Crippen LogP contribution in [-0.4, -0.2) is 72.0 Å². The molecule has 1 aliphatic carbocycles. The summed E-state index contributed by atoms with van der Waals surface area (Å²) >= 11 is 0. The standard InChI is InChI=1S/C15H23F3N2O4.C6H6/c1-14(2,3)24-13(22)19-6-7-23-11(8-19)9-20(10-4-5-10)12(21)15(16,17)18;1-2-4-6-5-3-1/h10-11H,4-9H2,1-3H3;1-6H. The summed E-state index contributed by atoms with van der Waals surface area (Å²) in [6.45, 7) is 5.63. The minimum Gasteiger partial charge on any atom is -0.444 e. The Balaban J connectivity index is 0.000000456. The number of morpholine rings is 1. The number of ether oxygens (including phenoxy) is 2. The molecule has 1 heterocycles. The number of carbonyl (C=O) groups excluding carboxylic acids is 2. The molecule has 1 aromatic rings. The molecular formula is C21H29F3N2O4. The van der Waals surface area contributed by atoms with Gasteiger partial charge in [-0.05, 0) is 33.6 Å². The van der Waals surface area contributed by atoms with Crippen LogP contribution < -0.4 is 0 Å². The van der Waals surface area contributed by atoms with E-state index in [9.17, 15) is 22.8 Å².